The fourth-order valence-corrected chi connectivity index (χ4v) is 2.48. The summed E-state index contributed by atoms with van der Waals surface area (Å²) in [5, 5.41) is 13.7. The standard InChI is InChI=1S/C17H13N3O4/c21-16-11-19(15-8-4-2-6-13(15)18-16)17(22)10-9-12-5-1-3-7-14(12)20(23)24/h1-10H,11H2,(H,18,21)/b10-9+. The number of para-hydroxylation sites is 3. The number of hydrogen-bond acceptors (Lipinski definition) is 4. The Morgan fingerprint density at radius 1 is 1.17 bits per heavy atom. The van der Waals surface area contributed by atoms with Crippen LogP contribution in [0.5, 0.6) is 0 Å². The van der Waals surface area contributed by atoms with E-state index in [1.54, 1.807) is 42.5 Å². The lowest BCUT2D eigenvalue weighted by molar-refractivity contribution is -0.385. The molecule has 0 radical (unpaired) electrons. The Balaban J connectivity index is 1.88. The number of fused-ring (bicyclic) bond motifs is 1. The molecule has 3 rings (SSSR count). The first kappa shape index (κ1) is 15.4. The number of hydrogen-bond donors (Lipinski definition) is 1. The van der Waals surface area contributed by atoms with Gasteiger partial charge in [0.1, 0.15) is 6.54 Å². The molecule has 0 saturated heterocycles. The molecule has 0 atom stereocenters. The molecule has 0 unspecified atom stereocenters. The number of nitro benzene ring substituents is 1. The normalized spacial score (nSPS) is 13.5. The van der Waals surface area contributed by atoms with E-state index in [0.717, 1.165) is 0 Å². The topological polar surface area (TPSA) is 92.5 Å². The van der Waals surface area contributed by atoms with E-state index in [0.29, 0.717) is 16.9 Å². The fraction of sp³-hybridized carbons (Fsp3) is 0.0588. The third kappa shape index (κ3) is 3.00. The Hall–Kier alpha value is -3.48. The molecule has 24 heavy (non-hydrogen) atoms. The number of nitrogens with one attached hydrogen (secondary N) is 1. The van der Waals surface area contributed by atoms with Gasteiger partial charge in [0, 0.05) is 12.1 Å². The lowest BCUT2D eigenvalue weighted by Crippen LogP contribution is -2.41. The molecule has 1 N–H and O–H groups in total. The van der Waals surface area contributed by atoms with Crippen molar-refractivity contribution in [3.63, 3.8) is 0 Å². The highest BCUT2D eigenvalue weighted by molar-refractivity contribution is 6.13. The summed E-state index contributed by atoms with van der Waals surface area (Å²) in [6.45, 7) is -0.100. The van der Waals surface area contributed by atoms with Crippen LogP contribution in [0.1, 0.15) is 5.56 Å². The molecular formula is C17H13N3O4. The molecule has 2 aromatic carbocycles. The zero-order chi connectivity index (χ0) is 17.1. The molecule has 2 amide bonds. The van der Waals surface area contributed by atoms with Crippen LogP contribution in [0.15, 0.2) is 54.6 Å². The molecular weight excluding hydrogens is 310 g/mol. The lowest BCUT2D eigenvalue weighted by atomic mass is 10.1. The molecule has 1 heterocycles. The Labute approximate surface area is 137 Å². The second-order valence-electron chi connectivity index (χ2n) is 5.14. The maximum Gasteiger partial charge on any atom is 0.276 e. The van der Waals surface area contributed by atoms with Crippen molar-refractivity contribution < 1.29 is 14.5 Å². The molecule has 0 aromatic heterocycles. The van der Waals surface area contributed by atoms with E-state index in [-0.39, 0.29) is 18.1 Å². The van der Waals surface area contributed by atoms with Crippen molar-refractivity contribution >= 4 is 35.0 Å². The van der Waals surface area contributed by atoms with Crippen molar-refractivity contribution in [2.45, 2.75) is 0 Å². The van der Waals surface area contributed by atoms with E-state index >= 15 is 0 Å². The highest BCUT2D eigenvalue weighted by atomic mass is 16.6. The van der Waals surface area contributed by atoms with Gasteiger partial charge in [0.05, 0.1) is 21.9 Å². The van der Waals surface area contributed by atoms with Gasteiger partial charge in [-0.05, 0) is 24.3 Å². The summed E-state index contributed by atoms with van der Waals surface area (Å²) in [5.41, 5.74) is 1.39. The van der Waals surface area contributed by atoms with E-state index in [1.165, 1.54) is 23.1 Å². The molecule has 7 heteroatoms. The van der Waals surface area contributed by atoms with Gasteiger partial charge in [0.2, 0.25) is 5.91 Å². The highest BCUT2D eigenvalue weighted by Gasteiger charge is 2.25. The molecule has 7 nitrogen and oxygen atoms in total. The molecule has 0 spiro atoms. The smallest absolute Gasteiger partial charge is 0.276 e. The van der Waals surface area contributed by atoms with Crippen LogP contribution in [0.4, 0.5) is 17.1 Å². The minimum absolute atomic E-state index is 0.0849. The van der Waals surface area contributed by atoms with E-state index in [2.05, 4.69) is 5.32 Å². The van der Waals surface area contributed by atoms with Gasteiger partial charge in [0.25, 0.3) is 11.6 Å². The summed E-state index contributed by atoms with van der Waals surface area (Å²) < 4.78 is 0. The molecule has 0 bridgehead atoms. The highest BCUT2D eigenvalue weighted by Crippen LogP contribution is 2.29. The van der Waals surface area contributed by atoms with Crippen LogP contribution >= 0.6 is 0 Å². The van der Waals surface area contributed by atoms with E-state index in [4.69, 9.17) is 0 Å². The van der Waals surface area contributed by atoms with Gasteiger partial charge in [-0.1, -0.05) is 24.3 Å². The number of anilines is 2. The van der Waals surface area contributed by atoms with Crippen molar-refractivity contribution in [1.29, 1.82) is 0 Å². The van der Waals surface area contributed by atoms with Gasteiger partial charge >= 0.3 is 0 Å². The number of nitro groups is 1. The first-order valence-electron chi connectivity index (χ1n) is 7.18. The average molecular weight is 323 g/mol. The molecule has 120 valence electrons. The van der Waals surface area contributed by atoms with Crippen molar-refractivity contribution in [3.8, 4) is 0 Å². The predicted octanol–water partition coefficient (Wildman–Crippen LogP) is 2.59. The van der Waals surface area contributed by atoms with E-state index in [9.17, 15) is 19.7 Å². The zero-order valence-electron chi connectivity index (χ0n) is 12.5. The maximum atomic E-state index is 12.5. The van der Waals surface area contributed by atoms with Crippen LogP contribution in [-0.4, -0.2) is 23.3 Å². The minimum Gasteiger partial charge on any atom is -0.323 e. The first-order valence-corrected chi connectivity index (χ1v) is 7.18. The van der Waals surface area contributed by atoms with Gasteiger partial charge in [-0.2, -0.15) is 0 Å². The molecule has 0 saturated carbocycles. The molecule has 0 aliphatic carbocycles. The maximum absolute atomic E-state index is 12.5. The number of nitrogens with zero attached hydrogens (tertiary/aromatic N) is 2. The third-order valence-electron chi connectivity index (χ3n) is 3.58. The number of benzene rings is 2. The zero-order valence-corrected chi connectivity index (χ0v) is 12.5. The van der Waals surface area contributed by atoms with Crippen molar-refractivity contribution in [2.75, 3.05) is 16.8 Å². The summed E-state index contributed by atoms with van der Waals surface area (Å²) >= 11 is 0. The molecule has 1 aliphatic heterocycles. The van der Waals surface area contributed by atoms with Crippen LogP contribution in [0, 0.1) is 10.1 Å². The molecule has 1 aliphatic rings. The van der Waals surface area contributed by atoms with E-state index in [1.807, 2.05) is 0 Å². The second-order valence-corrected chi connectivity index (χ2v) is 5.14. The van der Waals surface area contributed by atoms with Crippen molar-refractivity contribution in [1.82, 2.24) is 0 Å². The number of carbonyl (C=O) groups excluding carboxylic acids is 2. The largest absolute Gasteiger partial charge is 0.323 e. The van der Waals surface area contributed by atoms with Crippen LogP contribution in [0.25, 0.3) is 6.08 Å². The first-order chi connectivity index (χ1) is 11.6. The number of carbonyl (C=O) groups is 2. The number of amides is 2. The second kappa shape index (κ2) is 6.33. The Morgan fingerprint density at radius 3 is 2.67 bits per heavy atom. The Kier molecular flexibility index (Phi) is 4.07. The van der Waals surface area contributed by atoms with Crippen molar-refractivity contribution in [2.24, 2.45) is 0 Å². The van der Waals surface area contributed by atoms with Gasteiger partial charge in [-0.15, -0.1) is 0 Å². The summed E-state index contributed by atoms with van der Waals surface area (Å²) in [4.78, 5) is 36.0. The van der Waals surface area contributed by atoms with E-state index < -0.39 is 10.8 Å². The average Bonchev–Trinajstić information content (AvgIpc) is 2.59. The van der Waals surface area contributed by atoms with Crippen LogP contribution < -0.4 is 10.2 Å². The monoisotopic (exact) mass is 323 g/mol. The SMILES string of the molecule is O=C1CN(C(=O)/C=C/c2ccccc2[N+](=O)[O-])c2ccccc2N1. The van der Waals surface area contributed by atoms with Crippen LogP contribution in [-0.2, 0) is 9.59 Å². The summed E-state index contributed by atoms with van der Waals surface area (Å²) in [6.07, 6.45) is 2.62. The third-order valence-corrected chi connectivity index (χ3v) is 3.58. The Morgan fingerprint density at radius 2 is 1.88 bits per heavy atom. The van der Waals surface area contributed by atoms with Gasteiger partial charge in [-0.3, -0.25) is 24.6 Å². The summed E-state index contributed by atoms with van der Waals surface area (Å²) in [5.74, 6) is -0.711. The quantitative estimate of drug-likeness (QED) is 0.534. The summed E-state index contributed by atoms with van der Waals surface area (Å²) in [6, 6.07) is 13.1. The van der Waals surface area contributed by atoms with Crippen molar-refractivity contribution in [3.05, 3.63) is 70.3 Å². The fourth-order valence-electron chi connectivity index (χ4n) is 2.48. The van der Waals surface area contributed by atoms with Crippen LogP contribution in [0.2, 0.25) is 0 Å². The van der Waals surface area contributed by atoms with Crippen LogP contribution in [0.3, 0.4) is 0 Å². The predicted molar refractivity (Wildman–Crippen MR) is 89.6 cm³/mol. The Bertz CT molecular complexity index is 860. The molecule has 2 aromatic rings. The summed E-state index contributed by atoms with van der Waals surface area (Å²) in [7, 11) is 0. The van der Waals surface area contributed by atoms with Gasteiger partial charge < -0.3 is 5.32 Å². The lowest BCUT2D eigenvalue weighted by Gasteiger charge is -2.28. The molecule has 0 fully saturated rings. The van der Waals surface area contributed by atoms with Gasteiger partial charge in [-0.25, -0.2) is 0 Å². The van der Waals surface area contributed by atoms with Gasteiger partial charge in [0.15, 0.2) is 0 Å². The minimum atomic E-state index is -0.506. The number of rotatable bonds is 3.